The average molecular weight is 166 g/mol. The third kappa shape index (κ3) is 1.77. The van der Waals surface area contributed by atoms with E-state index in [1.165, 1.54) is 5.57 Å². The Morgan fingerprint density at radius 1 is 1.50 bits per heavy atom. The zero-order chi connectivity index (χ0) is 9.30. The van der Waals surface area contributed by atoms with Crippen LogP contribution in [0.1, 0.15) is 33.6 Å². The number of ketones is 1. The van der Waals surface area contributed by atoms with E-state index in [0.29, 0.717) is 17.6 Å². The Morgan fingerprint density at radius 2 is 2.08 bits per heavy atom. The van der Waals surface area contributed by atoms with Crippen LogP contribution < -0.4 is 0 Å². The summed E-state index contributed by atoms with van der Waals surface area (Å²) in [4.78, 5) is 11.5. The number of Topliss-reactive ketones (excluding diaryl/α,β-unsaturated/α-hetero) is 1. The molecule has 12 heavy (non-hydrogen) atoms. The third-order valence-corrected chi connectivity index (χ3v) is 3.16. The molecule has 0 spiro atoms. The summed E-state index contributed by atoms with van der Waals surface area (Å²) < 4.78 is 0. The molecule has 0 radical (unpaired) electrons. The van der Waals surface area contributed by atoms with Gasteiger partial charge in [0.15, 0.2) is 0 Å². The molecule has 0 aliphatic heterocycles. The fraction of sp³-hybridized carbons (Fsp3) is 0.727. The summed E-state index contributed by atoms with van der Waals surface area (Å²) in [5.74, 6) is 1.67. The molecule has 0 heterocycles. The molecular weight excluding hydrogens is 148 g/mol. The first-order valence-electron chi connectivity index (χ1n) is 4.70. The molecule has 68 valence electrons. The third-order valence-electron chi connectivity index (χ3n) is 3.16. The van der Waals surface area contributed by atoms with Crippen molar-refractivity contribution >= 4 is 5.78 Å². The predicted octanol–water partition coefficient (Wildman–Crippen LogP) is 2.81. The summed E-state index contributed by atoms with van der Waals surface area (Å²) in [6.45, 7) is 10.2. The largest absolute Gasteiger partial charge is 0.299 e. The number of hydrogen-bond donors (Lipinski definition) is 0. The standard InChI is InChI=1S/C11H18O/c1-7(2)10-5-8(3)9(4)11(12)6-10/h8-10H,1,5-6H2,2-4H3/t8-,9-,10-/m1/s1. The molecule has 3 atom stereocenters. The molecule has 1 aliphatic rings. The van der Waals surface area contributed by atoms with Crippen LogP contribution in [0.4, 0.5) is 0 Å². The molecular formula is C11H18O. The maximum Gasteiger partial charge on any atom is 0.136 e. The zero-order valence-electron chi connectivity index (χ0n) is 8.26. The van der Waals surface area contributed by atoms with Crippen LogP contribution >= 0.6 is 0 Å². The fourth-order valence-corrected chi connectivity index (χ4v) is 1.86. The second kappa shape index (κ2) is 3.42. The van der Waals surface area contributed by atoms with Gasteiger partial charge < -0.3 is 0 Å². The summed E-state index contributed by atoms with van der Waals surface area (Å²) in [7, 11) is 0. The zero-order valence-corrected chi connectivity index (χ0v) is 8.26. The van der Waals surface area contributed by atoms with Gasteiger partial charge in [0.2, 0.25) is 0 Å². The molecule has 0 N–H and O–H groups in total. The van der Waals surface area contributed by atoms with E-state index >= 15 is 0 Å². The van der Waals surface area contributed by atoms with E-state index < -0.39 is 0 Å². The fourth-order valence-electron chi connectivity index (χ4n) is 1.86. The minimum atomic E-state index is 0.264. The van der Waals surface area contributed by atoms with Gasteiger partial charge in [-0.15, -0.1) is 0 Å². The molecule has 0 unspecified atom stereocenters. The Bertz CT molecular complexity index is 205. The first-order valence-corrected chi connectivity index (χ1v) is 4.70. The highest BCUT2D eigenvalue weighted by molar-refractivity contribution is 5.82. The van der Waals surface area contributed by atoms with Crippen LogP contribution in [0.5, 0.6) is 0 Å². The number of carbonyl (C=O) groups excluding carboxylic acids is 1. The maximum atomic E-state index is 11.5. The minimum Gasteiger partial charge on any atom is -0.299 e. The summed E-state index contributed by atoms with van der Waals surface area (Å²) >= 11 is 0. The van der Waals surface area contributed by atoms with Gasteiger partial charge in [-0.25, -0.2) is 0 Å². The average Bonchev–Trinajstić information content (AvgIpc) is 1.99. The normalized spacial score (nSPS) is 36.6. The van der Waals surface area contributed by atoms with Crippen molar-refractivity contribution in [2.24, 2.45) is 17.8 Å². The van der Waals surface area contributed by atoms with Gasteiger partial charge in [-0.1, -0.05) is 26.0 Å². The molecule has 0 aromatic heterocycles. The maximum absolute atomic E-state index is 11.5. The summed E-state index contributed by atoms with van der Waals surface area (Å²) in [6, 6.07) is 0. The molecule has 1 rings (SSSR count). The second-order valence-electron chi connectivity index (χ2n) is 4.22. The van der Waals surface area contributed by atoms with E-state index in [0.717, 1.165) is 12.8 Å². The lowest BCUT2D eigenvalue weighted by Crippen LogP contribution is -2.29. The highest BCUT2D eigenvalue weighted by Crippen LogP contribution is 2.33. The number of allylic oxidation sites excluding steroid dienone is 1. The molecule has 1 fully saturated rings. The van der Waals surface area contributed by atoms with Crippen LogP contribution in [-0.4, -0.2) is 5.78 Å². The van der Waals surface area contributed by atoms with Crippen molar-refractivity contribution in [3.05, 3.63) is 12.2 Å². The number of carbonyl (C=O) groups is 1. The van der Waals surface area contributed by atoms with Gasteiger partial charge in [-0.05, 0) is 25.2 Å². The smallest absolute Gasteiger partial charge is 0.136 e. The van der Waals surface area contributed by atoms with Crippen molar-refractivity contribution in [2.75, 3.05) is 0 Å². The molecule has 1 nitrogen and oxygen atoms in total. The number of hydrogen-bond acceptors (Lipinski definition) is 1. The molecule has 0 bridgehead atoms. The SMILES string of the molecule is C=C(C)[C@H]1CC(=O)[C@H](C)[C@H](C)C1. The van der Waals surface area contributed by atoms with Crippen molar-refractivity contribution < 1.29 is 4.79 Å². The van der Waals surface area contributed by atoms with Crippen molar-refractivity contribution in [3.63, 3.8) is 0 Å². The molecule has 0 aromatic rings. The van der Waals surface area contributed by atoms with E-state index in [-0.39, 0.29) is 5.92 Å². The Kier molecular flexibility index (Phi) is 2.71. The molecule has 1 heteroatoms. The molecule has 0 aromatic carbocycles. The van der Waals surface area contributed by atoms with Gasteiger partial charge in [0, 0.05) is 12.3 Å². The highest BCUT2D eigenvalue weighted by Gasteiger charge is 2.30. The minimum absolute atomic E-state index is 0.264. The summed E-state index contributed by atoms with van der Waals surface area (Å²) in [6.07, 6.45) is 1.86. The molecule has 0 saturated heterocycles. The lowest BCUT2D eigenvalue weighted by molar-refractivity contribution is -0.126. The van der Waals surface area contributed by atoms with Crippen LogP contribution in [0.15, 0.2) is 12.2 Å². The first kappa shape index (κ1) is 9.50. The molecule has 1 saturated carbocycles. The topological polar surface area (TPSA) is 17.1 Å². The lowest BCUT2D eigenvalue weighted by atomic mass is 9.73. The Labute approximate surface area is 74.9 Å². The van der Waals surface area contributed by atoms with Crippen molar-refractivity contribution in [2.45, 2.75) is 33.6 Å². The summed E-state index contributed by atoms with van der Waals surface area (Å²) in [5, 5.41) is 0. The highest BCUT2D eigenvalue weighted by atomic mass is 16.1. The Morgan fingerprint density at radius 3 is 2.50 bits per heavy atom. The van der Waals surface area contributed by atoms with E-state index in [2.05, 4.69) is 13.5 Å². The van der Waals surface area contributed by atoms with Crippen molar-refractivity contribution in [1.29, 1.82) is 0 Å². The van der Waals surface area contributed by atoms with Crippen molar-refractivity contribution in [1.82, 2.24) is 0 Å². The van der Waals surface area contributed by atoms with Crippen LogP contribution in [-0.2, 0) is 4.79 Å². The second-order valence-corrected chi connectivity index (χ2v) is 4.22. The first-order chi connectivity index (χ1) is 5.52. The van der Waals surface area contributed by atoms with Crippen LogP contribution in [0.25, 0.3) is 0 Å². The van der Waals surface area contributed by atoms with Gasteiger partial charge >= 0.3 is 0 Å². The molecule has 0 amide bonds. The van der Waals surface area contributed by atoms with Crippen LogP contribution in [0.3, 0.4) is 0 Å². The predicted molar refractivity (Wildman–Crippen MR) is 50.9 cm³/mol. The lowest BCUT2D eigenvalue weighted by Gasteiger charge is -2.31. The van der Waals surface area contributed by atoms with Gasteiger partial charge in [0.05, 0.1) is 0 Å². The van der Waals surface area contributed by atoms with E-state index in [9.17, 15) is 4.79 Å². The van der Waals surface area contributed by atoms with E-state index in [1.54, 1.807) is 0 Å². The van der Waals surface area contributed by atoms with Gasteiger partial charge in [0.25, 0.3) is 0 Å². The van der Waals surface area contributed by atoms with Gasteiger partial charge in [-0.2, -0.15) is 0 Å². The Hall–Kier alpha value is -0.590. The van der Waals surface area contributed by atoms with Crippen LogP contribution in [0, 0.1) is 17.8 Å². The monoisotopic (exact) mass is 166 g/mol. The van der Waals surface area contributed by atoms with Gasteiger partial charge in [0.1, 0.15) is 5.78 Å². The van der Waals surface area contributed by atoms with Crippen LogP contribution in [0.2, 0.25) is 0 Å². The number of rotatable bonds is 1. The van der Waals surface area contributed by atoms with Gasteiger partial charge in [-0.3, -0.25) is 4.79 Å². The summed E-state index contributed by atoms with van der Waals surface area (Å²) in [5.41, 5.74) is 1.17. The molecule has 1 aliphatic carbocycles. The quantitative estimate of drug-likeness (QED) is 0.547. The Balaban J connectivity index is 2.66. The van der Waals surface area contributed by atoms with Crippen molar-refractivity contribution in [3.8, 4) is 0 Å². The van der Waals surface area contributed by atoms with E-state index in [4.69, 9.17) is 0 Å². The van der Waals surface area contributed by atoms with E-state index in [1.807, 2.05) is 13.8 Å².